The van der Waals surface area contributed by atoms with Gasteiger partial charge in [0.25, 0.3) is 5.91 Å². The second-order valence-electron chi connectivity index (χ2n) is 5.71. The SMILES string of the molecule is O=C(NCc1cccnc1-c1cccnc1)c1cc2ccccc2[nH]1. The average molecular weight is 328 g/mol. The van der Waals surface area contributed by atoms with Crippen molar-refractivity contribution in [3.05, 3.63) is 84.4 Å². The van der Waals surface area contributed by atoms with Crippen LogP contribution in [0.4, 0.5) is 0 Å². The number of nitrogens with one attached hydrogen (secondary N) is 2. The lowest BCUT2D eigenvalue weighted by molar-refractivity contribution is 0.0947. The Morgan fingerprint density at radius 1 is 1.04 bits per heavy atom. The van der Waals surface area contributed by atoms with Crippen LogP contribution in [0.2, 0.25) is 0 Å². The van der Waals surface area contributed by atoms with E-state index >= 15 is 0 Å². The summed E-state index contributed by atoms with van der Waals surface area (Å²) in [5, 5.41) is 3.97. The summed E-state index contributed by atoms with van der Waals surface area (Å²) in [5.74, 6) is -0.141. The molecule has 0 saturated heterocycles. The van der Waals surface area contributed by atoms with E-state index in [0.29, 0.717) is 12.2 Å². The van der Waals surface area contributed by atoms with Crippen molar-refractivity contribution in [3.63, 3.8) is 0 Å². The van der Waals surface area contributed by atoms with Gasteiger partial charge in [0.15, 0.2) is 0 Å². The Balaban J connectivity index is 1.54. The van der Waals surface area contributed by atoms with Gasteiger partial charge in [-0.3, -0.25) is 14.8 Å². The van der Waals surface area contributed by atoms with Gasteiger partial charge in [-0.15, -0.1) is 0 Å². The zero-order chi connectivity index (χ0) is 17.1. The predicted octanol–water partition coefficient (Wildman–Crippen LogP) is 3.55. The largest absolute Gasteiger partial charge is 0.351 e. The number of hydrogen-bond donors (Lipinski definition) is 2. The van der Waals surface area contributed by atoms with Crippen LogP contribution >= 0.6 is 0 Å². The normalized spacial score (nSPS) is 10.7. The van der Waals surface area contributed by atoms with E-state index in [-0.39, 0.29) is 5.91 Å². The molecule has 0 unspecified atom stereocenters. The highest BCUT2D eigenvalue weighted by Gasteiger charge is 2.11. The highest BCUT2D eigenvalue weighted by atomic mass is 16.1. The summed E-state index contributed by atoms with van der Waals surface area (Å²) in [4.78, 5) is 24.2. The van der Waals surface area contributed by atoms with Gasteiger partial charge in [0.05, 0.1) is 5.69 Å². The van der Waals surface area contributed by atoms with Gasteiger partial charge in [-0.05, 0) is 35.9 Å². The van der Waals surface area contributed by atoms with E-state index in [0.717, 1.165) is 27.7 Å². The van der Waals surface area contributed by atoms with Crippen LogP contribution in [0, 0.1) is 0 Å². The van der Waals surface area contributed by atoms with Crippen LogP contribution in [0.5, 0.6) is 0 Å². The number of pyridine rings is 2. The first-order chi connectivity index (χ1) is 12.3. The molecule has 0 aliphatic heterocycles. The first-order valence-electron chi connectivity index (χ1n) is 8.01. The molecule has 0 fully saturated rings. The van der Waals surface area contributed by atoms with Crippen LogP contribution in [0.15, 0.2) is 73.2 Å². The van der Waals surface area contributed by atoms with Crippen molar-refractivity contribution in [2.24, 2.45) is 0 Å². The molecule has 4 rings (SSSR count). The molecule has 0 radical (unpaired) electrons. The Hall–Kier alpha value is -3.47. The van der Waals surface area contributed by atoms with Crippen LogP contribution in [-0.4, -0.2) is 20.9 Å². The monoisotopic (exact) mass is 328 g/mol. The first-order valence-corrected chi connectivity index (χ1v) is 8.01. The third-order valence-electron chi connectivity index (χ3n) is 4.04. The summed E-state index contributed by atoms with van der Waals surface area (Å²) >= 11 is 0. The topological polar surface area (TPSA) is 70.7 Å². The van der Waals surface area contributed by atoms with Gasteiger partial charge in [0, 0.05) is 41.6 Å². The molecule has 4 aromatic rings. The second-order valence-corrected chi connectivity index (χ2v) is 5.71. The lowest BCUT2D eigenvalue weighted by Crippen LogP contribution is -2.23. The molecule has 0 spiro atoms. The van der Waals surface area contributed by atoms with E-state index in [4.69, 9.17) is 0 Å². The van der Waals surface area contributed by atoms with Gasteiger partial charge in [0.2, 0.25) is 0 Å². The minimum Gasteiger partial charge on any atom is -0.351 e. The van der Waals surface area contributed by atoms with E-state index in [1.165, 1.54) is 0 Å². The Kier molecular flexibility index (Phi) is 3.96. The maximum absolute atomic E-state index is 12.5. The molecule has 122 valence electrons. The Morgan fingerprint density at radius 2 is 1.92 bits per heavy atom. The zero-order valence-corrected chi connectivity index (χ0v) is 13.4. The fourth-order valence-corrected chi connectivity index (χ4v) is 2.81. The van der Waals surface area contributed by atoms with Crippen molar-refractivity contribution in [1.29, 1.82) is 0 Å². The highest BCUT2D eigenvalue weighted by Crippen LogP contribution is 2.20. The number of hydrogen-bond acceptors (Lipinski definition) is 3. The molecule has 3 heterocycles. The smallest absolute Gasteiger partial charge is 0.267 e. The molecular weight excluding hydrogens is 312 g/mol. The zero-order valence-electron chi connectivity index (χ0n) is 13.4. The predicted molar refractivity (Wildman–Crippen MR) is 96.9 cm³/mol. The molecule has 1 aromatic carbocycles. The molecule has 0 aliphatic carbocycles. The lowest BCUT2D eigenvalue weighted by Gasteiger charge is -2.09. The van der Waals surface area contributed by atoms with Crippen molar-refractivity contribution < 1.29 is 4.79 Å². The van der Waals surface area contributed by atoms with Crippen molar-refractivity contribution in [2.75, 3.05) is 0 Å². The van der Waals surface area contributed by atoms with E-state index in [1.807, 2.05) is 54.6 Å². The number of para-hydroxylation sites is 1. The number of fused-ring (bicyclic) bond motifs is 1. The van der Waals surface area contributed by atoms with Crippen LogP contribution < -0.4 is 5.32 Å². The van der Waals surface area contributed by atoms with Gasteiger partial charge in [0.1, 0.15) is 5.69 Å². The first kappa shape index (κ1) is 15.1. The molecule has 0 bridgehead atoms. The number of carbonyl (C=O) groups is 1. The fourth-order valence-electron chi connectivity index (χ4n) is 2.81. The van der Waals surface area contributed by atoms with Crippen LogP contribution in [0.1, 0.15) is 16.1 Å². The van der Waals surface area contributed by atoms with E-state index in [1.54, 1.807) is 18.6 Å². The molecule has 0 atom stereocenters. The van der Waals surface area contributed by atoms with Gasteiger partial charge in [-0.25, -0.2) is 0 Å². The molecular formula is C20H16N4O. The van der Waals surface area contributed by atoms with Gasteiger partial charge in [-0.2, -0.15) is 0 Å². The summed E-state index contributed by atoms with van der Waals surface area (Å²) in [6.45, 7) is 0.395. The fraction of sp³-hybridized carbons (Fsp3) is 0.0500. The summed E-state index contributed by atoms with van der Waals surface area (Å²) in [7, 11) is 0. The minimum atomic E-state index is -0.141. The van der Waals surface area contributed by atoms with Crippen molar-refractivity contribution in [3.8, 4) is 11.3 Å². The van der Waals surface area contributed by atoms with E-state index in [2.05, 4.69) is 20.3 Å². The minimum absolute atomic E-state index is 0.141. The average Bonchev–Trinajstić information content (AvgIpc) is 3.11. The molecule has 5 heteroatoms. The third kappa shape index (κ3) is 3.12. The number of H-pyrrole nitrogens is 1. The number of amides is 1. The van der Waals surface area contributed by atoms with Crippen LogP contribution in [0.25, 0.3) is 22.2 Å². The summed E-state index contributed by atoms with van der Waals surface area (Å²) in [6.07, 6.45) is 5.24. The van der Waals surface area contributed by atoms with Crippen molar-refractivity contribution in [1.82, 2.24) is 20.3 Å². The van der Waals surface area contributed by atoms with Crippen LogP contribution in [-0.2, 0) is 6.54 Å². The number of aromatic nitrogens is 3. The van der Waals surface area contributed by atoms with Crippen LogP contribution in [0.3, 0.4) is 0 Å². The number of nitrogens with zero attached hydrogens (tertiary/aromatic N) is 2. The molecule has 3 aromatic heterocycles. The lowest BCUT2D eigenvalue weighted by atomic mass is 10.1. The van der Waals surface area contributed by atoms with Crippen molar-refractivity contribution in [2.45, 2.75) is 6.54 Å². The standard InChI is InChI=1S/C20H16N4O/c25-20(18-11-14-5-1-2-8-17(14)24-18)23-13-16-7-4-10-22-19(16)15-6-3-9-21-12-15/h1-12,24H,13H2,(H,23,25). The van der Waals surface area contributed by atoms with E-state index < -0.39 is 0 Å². The third-order valence-corrected chi connectivity index (χ3v) is 4.04. The molecule has 25 heavy (non-hydrogen) atoms. The number of rotatable bonds is 4. The Morgan fingerprint density at radius 3 is 2.76 bits per heavy atom. The maximum atomic E-state index is 12.5. The molecule has 5 nitrogen and oxygen atoms in total. The van der Waals surface area contributed by atoms with E-state index in [9.17, 15) is 4.79 Å². The summed E-state index contributed by atoms with van der Waals surface area (Å²) in [5.41, 5.74) is 4.20. The summed E-state index contributed by atoms with van der Waals surface area (Å²) in [6, 6.07) is 17.3. The number of benzene rings is 1. The van der Waals surface area contributed by atoms with Crippen molar-refractivity contribution >= 4 is 16.8 Å². The molecule has 0 saturated carbocycles. The second kappa shape index (κ2) is 6.57. The Bertz CT molecular complexity index is 991. The number of carbonyl (C=O) groups excluding carboxylic acids is 1. The van der Waals surface area contributed by atoms with Gasteiger partial charge in [-0.1, -0.05) is 24.3 Å². The summed E-state index contributed by atoms with van der Waals surface area (Å²) < 4.78 is 0. The molecule has 2 N–H and O–H groups in total. The molecule has 1 amide bonds. The molecule has 0 aliphatic rings. The quantitative estimate of drug-likeness (QED) is 0.602. The maximum Gasteiger partial charge on any atom is 0.267 e. The van der Waals surface area contributed by atoms with Gasteiger partial charge >= 0.3 is 0 Å². The van der Waals surface area contributed by atoms with Gasteiger partial charge < -0.3 is 10.3 Å². The Labute approximate surface area is 144 Å². The highest BCUT2D eigenvalue weighted by molar-refractivity contribution is 5.98. The number of aromatic amines is 1.